The third-order valence-corrected chi connectivity index (χ3v) is 2.87. The zero-order valence-electron chi connectivity index (χ0n) is 11.0. The molecule has 1 atom stereocenters. The SMILES string of the molecule is CCCC(C)(NC(=O)c1c(C)noc1C)C(=O)O. The number of carbonyl (C=O) groups excluding carboxylic acids is 1. The number of carboxylic acid groups (broad SMARTS) is 1. The second-order valence-corrected chi connectivity index (χ2v) is 4.54. The molecule has 1 amide bonds. The van der Waals surface area contributed by atoms with Crippen molar-refractivity contribution >= 4 is 11.9 Å². The topological polar surface area (TPSA) is 92.4 Å². The Kier molecular flexibility index (Phi) is 4.11. The van der Waals surface area contributed by atoms with Gasteiger partial charge in [-0.3, -0.25) is 4.79 Å². The van der Waals surface area contributed by atoms with E-state index in [4.69, 9.17) is 4.52 Å². The molecular weight excluding hydrogens is 236 g/mol. The first-order chi connectivity index (χ1) is 8.31. The Morgan fingerprint density at radius 1 is 1.44 bits per heavy atom. The summed E-state index contributed by atoms with van der Waals surface area (Å²) in [5.74, 6) is -1.14. The maximum Gasteiger partial charge on any atom is 0.329 e. The molecule has 1 rings (SSSR count). The van der Waals surface area contributed by atoms with Crippen molar-refractivity contribution < 1.29 is 19.2 Å². The Hall–Kier alpha value is -1.85. The van der Waals surface area contributed by atoms with Gasteiger partial charge in [-0.05, 0) is 27.2 Å². The van der Waals surface area contributed by atoms with Gasteiger partial charge in [0.2, 0.25) is 0 Å². The van der Waals surface area contributed by atoms with Crippen LogP contribution in [0.15, 0.2) is 4.52 Å². The highest BCUT2D eigenvalue weighted by molar-refractivity contribution is 5.99. The second-order valence-electron chi connectivity index (χ2n) is 4.54. The van der Waals surface area contributed by atoms with E-state index in [9.17, 15) is 14.7 Å². The largest absolute Gasteiger partial charge is 0.480 e. The van der Waals surface area contributed by atoms with E-state index in [1.54, 1.807) is 13.8 Å². The van der Waals surface area contributed by atoms with Crippen molar-refractivity contribution in [1.82, 2.24) is 10.5 Å². The van der Waals surface area contributed by atoms with Crippen LogP contribution in [-0.2, 0) is 4.79 Å². The molecule has 18 heavy (non-hydrogen) atoms. The van der Waals surface area contributed by atoms with E-state index in [0.717, 1.165) is 0 Å². The molecule has 0 spiro atoms. The highest BCUT2D eigenvalue weighted by Crippen LogP contribution is 2.17. The third kappa shape index (κ3) is 2.69. The predicted octanol–water partition coefficient (Wildman–Crippen LogP) is 1.66. The lowest BCUT2D eigenvalue weighted by atomic mass is 9.95. The number of aromatic nitrogens is 1. The maximum atomic E-state index is 12.1. The molecule has 0 aliphatic heterocycles. The van der Waals surface area contributed by atoms with Crippen LogP contribution >= 0.6 is 0 Å². The molecule has 1 aromatic heterocycles. The fourth-order valence-electron chi connectivity index (χ4n) is 1.84. The van der Waals surface area contributed by atoms with Gasteiger partial charge < -0.3 is 14.9 Å². The molecule has 0 aliphatic carbocycles. The van der Waals surface area contributed by atoms with Crippen molar-refractivity contribution in [2.75, 3.05) is 0 Å². The second kappa shape index (κ2) is 5.20. The highest BCUT2D eigenvalue weighted by Gasteiger charge is 2.35. The summed E-state index contributed by atoms with van der Waals surface area (Å²) in [7, 11) is 0. The number of aliphatic carboxylic acids is 1. The van der Waals surface area contributed by atoms with Crippen LogP contribution in [0, 0.1) is 13.8 Å². The molecule has 2 N–H and O–H groups in total. The molecule has 6 heteroatoms. The van der Waals surface area contributed by atoms with Crippen LogP contribution in [-0.4, -0.2) is 27.7 Å². The van der Waals surface area contributed by atoms with Gasteiger partial charge in [0, 0.05) is 0 Å². The minimum absolute atomic E-state index is 0.304. The molecule has 1 unspecified atom stereocenters. The number of carboxylic acids is 1. The van der Waals surface area contributed by atoms with Gasteiger partial charge in [-0.2, -0.15) is 0 Å². The lowest BCUT2D eigenvalue weighted by Crippen LogP contribution is -2.52. The Labute approximate surface area is 105 Å². The number of aryl methyl sites for hydroxylation is 2. The first kappa shape index (κ1) is 14.2. The minimum atomic E-state index is -1.28. The van der Waals surface area contributed by atoms with Gasteiger partial charge in [0.1, 0.15) is 16.9 Å². The van der Waals surface area contributed by atoms with Crippen molar-refractivity contribution in [1.29, 1.82) is 0 Å². The molecule has 1 aromatic rings. The van der Waals surface area contributed by atoms with Crippen LogP contribution in [0.3, 0.4) is 0 Å². The summed E-state index contributed by atoms with van der Waals surface area (Å²) in [6.07, 6.45) is 1.02. The smallest absolute Gasteiger partial charge is 0.329 e. The van der Waals surface area contributed by atoms with E-state index in [1.807, 2.05) is 6.92 Å². The van der Waals surface area contributed by atoms with Gasteiger partial charge in [0.05, 0.1) is 5.69 Å². The first-order valence-corrected chi connectivity index (χ1v) is 5.80. The van der Waals surface area contributed by atoms with Crippen LogP contribution < -0.4 is 5.32 Å². The van der Waals surface area contributed by atoms with E-state index in [2.05, 4.69) is 10.5 Å². The molecule has 0 aromatic carbocycles. The summed E-state index contributed by atoms with van der Waals surface area (Å²) in [4.78, 5) is 23.3. The first-order valence-electron chi connectivity index (χ1n) is 5.80. The normalized spacial score (nSPS) is 14.0. The molecule has 0 radical (unpaired) electrons. The zero-order valence-corrected chi connectivity index (χ0v) is 11.0. The number of carbonyl (C=O) groups is 2. The van der Waals surface area contributed by atoms with Crippen LogP contribution in [0.1, 0.15) is 48.5 Å². The molecule has 0 fully saturated rings. The van der Waals surface area contributed by atoms with Gasteiger partial charge in [0.25, 0.3) is 5.91 Å². The summed E-state index contributed by atoms with van der Waals surface area (Å²) in [6, 6.07) is 0. The van der Waals surface area contributed by atoms with Crippen LogP contribution in [0.5, 0.6) is 0 Å². The number of amides is 1. The molecule has 0 saturated carbocycles. The Balaban J connectivity index is 2.96. The lowest BCUT2D eigenvalue weighted by molar-refractivity contribution is -0.144. The summed E-state index contributed by atoms with van der Waals surface area (Å²) < 4.78 is 4.89. The van der Waals surface area contributed by atoms with Gasteiger partial charge in [-0.15, -0.1) is 0 Å². The number of nitrogens with zero attached hydrogens (tertiary/aromatic N) is 1. The number of nitrogens with one attached hydrogen (secondary N) is 1. The predicted molar refractivity (Wildman–Crippen MR) is 64.4 cm³/mol. The molecule has 0 saturated heterocycles. The fourth-order valence-corrected chi connectivity index (χ4v) is 1.84. The van der Waals surface area contributed by atoms with Gasteiger partial charge in [-0.25, -0.2) is 4.79 Å². The summed E-state index contributed by atoms with van der Waals surface area (Å²) in [6.45, 7) is 6.62. The summed E-state index contributed by atoms with van der Waals surface area (Å²) in [5.41, 5.74) is -0.519. The highest BCUT2D eigenvalue weighted by atomic mass is 16.5. The molecule has 6 nitrogen and oxygen atoms in total. The van der Waals surface area contributed by atoms with E-state index >= 15 is 0 Å². The zero-order chi connectivity index (χ0) is 13.9. The number of rotatable bonds is 5. The average Bonchev–Trinajstić information content (AvgIpc) is 2.58. The number of hydrogen-bond acceptors (Lipinski definition) is 4. The Morgan fingerprint density at radius 3 is 2.44 bits per heavy atom. The van der Waals surface area contributed by atoms with E-state index in [1.165, 1.54) is 6.92 Å². The quantitative estimate of drug-likeness (QED) is 0.833. The van der Waals surface area contributed by atoms with E-state index in [-0.39, 0.29) is 0 Å². The van der Waals surface area contributed by atoms with Crippen LogP contribution in [0.4, 0.5) is 0 Å². The Bertz CT molecular complexity index is 447. The average molecular weight is 254 g/mol. The van der Waals surface area contributed by atoms with Crippen molar-refractivity contribution in [3.63, 3.8) is 0 Å². The summed E-state index contributed by atoms with van der Waals surface area (Å²) in [5, 5.41) is 15.4. The molecule has 0 bridgehead atoms. The van der Waals surface area contributed by atoms with Crippen molar-refractivity contribution in [3.05, 3.63) is 17.0 Å². The fraction of sp³-hybridized carbons (Fsp3) is 0.583. The summed E-state index contributed by atoms with van der Waals surface area (Å²) >= 11 is 0. The monoisotopic (exact) mass is 254 g/mol. The Morgan fingerprint density at radius 2 is 2.06 bits per heavy atom. The van der Waals surface area contributed by atoms with Crippen molar-refractivity contribution in [2.24, 2.45) is 0 Å². The van der Waals surface area contributed by atoms with Crippen molar-refractivity contribution in [3.8, 4) is 0 Å². The minimum Gasteiger partial charge on any atom is -0.480 e. The number of hydrogen-bond donors (Lipinski definition) is 2. The molecule has 100 valence electrons. The molecule has 0 aliphatic rings. The molecule has 1 heterocycles. The molecular formula is C12H18N2O4. The standard InChI is InChI=1S/C12H18N2O4/c1-5-6-12(4,11(16)17)13-10(15)9-7(2)14-18-8(9)3/h5-6H2,1-4H3,(H,13,15)(H,16,17). The van der Waals surface area contributed by atoms with E-state index in [0.29, 0.717) is 29.9 Å². The van der Waals surface area contributed by atoms with Crippen LogP contribution in [0.25, 0.3) is 0 Å². The van der Waals surface area contributed by atoms with E-state index < -0.39 is 17.4 Å². The van der Waals surface area contributed by atoms with Crippen LogP contribution in [0.2, 0.25) is 0 Å². The van der Waals surface area contributed by atoms with Crippen molar-refractivity contribution in [2.45, 2.75) is 46.1 Å². The third-order valence-electron chi connectivity index (χ3n) is 2.87. The van der Waals surface area contributed by atoms with Gasteiger partial charge in [-0.1, -0.05) is 18.5 Å². The van der Waals surface area contributed by atoms with Gasteiger partial charge in [0.15, 0.2) is 0 Å². The van der Waals surface area contributed by atoms with Gasteiger partial charge >= 0.3 is 5.97 Å². The maximum absolute atomic E-state index is 12.1. The lowest BCUT2D eigenvalue weighted by Gasteiger charge is -2.25.